The van der Waals surface area contributed by atoms with Crippen LogP contribution in [-0.4, -0.2) is 5.11 Å². The summed E-state index contributed by atoms with van der Waals surface area (Å²) < 4.78 is 12.7. The highest BCUT2D eigenvalue weighted by atomic mass is 19.1. The van der Waals surface area contributed by atoms with E-state index >= 15 is 0 Å². The molecule has 1 aromatic rings. The molecule has 1 N–H and O–H groups in total. The minimum absolute atomic E-state index is 0.0230. The van der Waals surface area contributed by atoms with Gasteiger partial charge >= 0.3 is 0 Å². The fourth-order valence-corrected chi connectivity index (χ4v) is 1.80. The van der Waals surface area contributed by atoms with Gasteiger partial charge in [0.25, 0.3) is 0 Å². The van der Waals surface area contributed by atoms with Gasteiger partial charge in [0.2, 0.25) is 0 Å². The van der Waals surface area contributed by atoms with Crippen molar-refractivity contribution in [2.45, 2.75) is 32.3 Å². The van der Waals surface area contributed by atoms with E-state index in [1.165, 1.54) is 12.1 Å². The Morgan fingerprint density at radius 2 is 1.79 bits per heavy atom. The molecule has 1 aliphatic carbocycles. The molecule has 1 aliphatic rings. The molecule has 76 valence electrons. The number of hydrogen-bond donors (Lipinski definition) is 1. The van der Waals surface area contributed by atoms with Gasteiger partial charge in [0.15, 0.2) is 0 Å². The van der Waals surface area contributed by atoms with Crippen LogP contribution in [0, 0.1) is 11.2 Å². The van der Waals surface area contributed by atoms with Crippen molar-refractivity contribution >= 4 is 0 Å². The highest BCUT2D eigenvalue weighted by molar-refractivity contribution is 5.27. The lowest BCUT2D eigenvalue weighted by Crippen LogP contribution is -2.31. The number of aliphatic hydroxyl groups is 1. The number of halogens is 1. The third kappa shape index (κ3) is 1.34. The average molecular weight is 194 g/mol. The van der Waals surface area contributed by atoms with Crippen molar-refractivity contribution in [1.82, 2.24) is 0 Å². The molecule has 0 saturated heterocycles. The Morgan fingerprint density at radius 3 is 2.21 bits per heavy atom. The highest BCUT2D eigenvalue weighted by Gasteiger charge is 2.52. The molecule has 1 saturated carbocycles. The first-order valence-corrected chi connectivity index (χ1v) is 4.94. The molecule has 2 rings (SSSR count). The molecule has 0 aliphatic heterocycles. The van der Waals surface area contributed by atoms with E-state index in [-0.39, 0.29) is 11.2 Å². The van der Waals surface area contributed by atoms with Crippen molar-refractivity contribution in [2.24, 2.45) is 5.41 Å². The smallest absolute Gasteiger partial charge is 0.123 e. The van der Waals surface area contributed by atoms with Crippen molar-refractivity contribution in [3.05, 3.63) is 35.6 Å². The molecule has 0 bridgehead atoms. The lowest BCUT2D eigenvalue weighted by atomic mass is 9.81. The summed E-state index contributed by atoms with van der Waals surface area (Å²) in [5, 5.41) is 10.4. The van der Waals surface area contributed by atoms with Crippen LogP contribution >= 0.6 is 0 Å². The second kappa shape index (κ2) is 2.80. The topological polar surface area (TPSA) is 20.2 Å². The van der Waals surface area contributed by atoms with Crippen LogP contribution in [0.2, 0.25) is 0 Å². The summed E-state index contributed by atoms with van der Waals surface area (Å²) in [5.41, 5.74) is -0.0511. The van der Waals surface area contributed by atoms with Gasteiger partial charge in [-0.1, -0.05) is 19.1 Å². The zero-order chi connectivity index (χ0) is 10.4. The maximum absolute atomic E-state index is 12.7. The first-order valence-electron chi connectivity index (χ1n) is 4.94. The van der Waals surface area contributed by atoms with E-state index < -0.39 is 5.60 Å². The van der Waals surface area contributed by atoms with Crippen LogP contribution < -0.4 is 0 Å². The molecule has 0 unspecified atom stereocenters. The second-order valence-electron chi connectivity index (χ2n) is 4.64. The largest absolute Gasteiger partial charge is 0.385 e. The van der Waals surface area contributed by atoms with Gasteiger partial charge in [0.1, 0.15) is 5.82 Å². The minimum Gasteiger partial charge on any atom is -0.385 e. The van der Waals surface area contributed by atoms with Crippen molar-refractivity contribution in [3.63, 3.8) is 0 Å². The van der Waals surface area contributed by atoms with Crippen molar-refractivity contribution < 1.29 is 9.50 Å². The molecule has 0 spiro atoms. The first kappa shape index (κ1) is 9.66. The zero-order valence-corrected chi connectivity index (χ0v) is 8.55. The highest BCUT2D eigenvalue weighted by Crippen LogP contribution is 2.57. The zero-order valence-electron chi connectivity index (χ0n) is 8.55. The standard InChI is InChI=1S/C12H15FO/c1-11(7-8-11)12(2,14)9-3-5-10(13)6-4-9/h3-6,14H,7-8H2,1-2H3/t12-/m0/s1. The number of rotatable bonds is 2. The van der Waals surface area contributed by atoms with Gasteiger partial charge in [0, 0.05) is 5.41 Å². The fraction of sp³-hybridized carbons (Fsp3) is 0.500. The molecule has 1 atom stereocenters. The van der Waals surface area contributed by atoms with Gasteiger partial charge in [-0.25, -0.2) is 4.39 Å². The van der Waals surface area contributed by atoms with Crippen LogP contribution in [0.4, 0.5) is 4.39 Å². The van der Waals surface area contributed by atoms with Crippen LogP contribution in [0.3, 0.4) is 0 Å². The molecule has 1 fully saturated rings. The Labute approximate surface area is 83.6 Å². The van der Waals surface area contributed by atoms with E-state index in [1.807, 2.05) is 6.92 Å². The summed E-state index contributed by atoms with van der Waals surface area (Å²) >= 11 is 0. The third-order valence-corrected chi connectivity index (χ3v) is 3.58. The molecule has 1 aromatic carbocycles. The maximum atomic E-state index is 12.7. The molecule has 0 amide bonds. The summed E-state index contributed by atoms with van der Waals surface area (Å²) in [7, 11) is 0. The molecule has 0 radical (unpaired) electrons. The van der Waals surface area contributed by atoms with Crippen LogP contribution in [0.1, 0.15) is 32.3 Å². The third-order valence-electron chi connectivity index (χ3n) is 3.58. The Balaban J connectivity index is 2.34. The van der Waals surface area contributed by atoms with Crippen molar-refractivity contribution in [3.8, 4) is 0 Å². The van der Waals surface area contributed by atoms with E-state index in [0.717, 1.165) is 18.4 Å². The summed E-state index contributed by atoms with van der Waals surface area (Å²) in [6.07, 6.45) is 2.08. The normalized spacial score (nSPS) is 22.9. The lowest BCUT2D eigenvalue weighted by molar-refractivity contribution is -0.0127. The molecule has 1 nitrogen and oxygen atoms in total. The monoisotopic (exact) mass is 194 g/mol. The Kier molecular flexibility index (Phi) is 1.93. The summed E-state index contributed by atoms with van der Waals surface area (Å²) in [6, 6.07) is 6.13. The van der Waals surface area contributed by atoms with Gasteiger partial charge in [-0.3, -0.25) is 0 Å². The van der Waals surface area contributed by atoms with Crippen LogP contribution in [0.15, 0.2) is 24.3 Å². The van der Waals surface area contributed by atoms with Gasteiger partial charge in [-0.2, -0.15) is 0 Å². The summed E-state index contributed by atoms with van der Waals surface area (Å²) in [6.45, 7) is 3.88. The van der Waals surface area contributed by atoms with E-state index in [0.29, 0.717) is 0 Å². The Morgan fingerprint density at radius 1 is 1.29 bits per heavy atom. The molecular formula is C12H15FO. The minimum atomic E-state index is -0.833. The van der Waals surface area contributed by atoms with Gasteiger partial charge in [0.05, 0.1) is 5.60 Å². The average Bonchev–Trinajstić information content (AvgIpc) is 2.86. The Bertz CT molecular complexity index is 336. The predicted octanol–water partition coefficient (Wildman–Crippen LogP) is 2.83. The first-order chi connectivity index (χ1) is 6.46. The van der Waals surface area contributed by atoms with Gasteiger partial charge in [-0.05, 0) is 37.5 Å². The SMILES string of the molecule is CC1([C@@](C)(O)c2ccc(F)cc2)CC1. The summed E-state index contributed by atoms with van der Waals surface area (Å²) in [4.78, 5) is 0. The second-order valence-corrected chi connectivity index (χ2v) is 4.64. The van der Waals surface area contributed by atoms with Crippen molar-refractivity contribution in [2.75, 3.05) is 0 Å². The predicted molar refractivity (Wildman–Crippen MR) is 53.3 cm³/mol. The molecule has 2 heteroatoms. The molecule has 14 heavy (non-hydrogen) atoms. The van der Waals surface area contributed by atoms with Gasteiger partial charge < -0.3 is 5.11 Å². The molecule has 0 aromatic heterocycles. The Hall–Kier alpha value is -0.890. The van der Waals surface area contributed by atoms with E-state index in [4.69, 9.17) is 0 Å². The molecule has 0 heterocycles. The number of hydrogen-bond acceptors (Lipinski definition) is 1. The quantitative estimate of drug-likeness (QED) is 0.767. The van der Waals surface area contributed by atoms with Crippen LogP contribution in [0.5, 0.6) is 0 Å². The van der Waals surface area contributed by atoms with Gasteiger partial charge in [-0.15, -0.1) is 0 Å². The summed E-state index contributed by atoms with van der Waals surface area (Å²) in [5.74, 6) is -0.259. The molecular weight excluding hydrogens is 179 g/mol. The van der Waals surface area contributed by atoms with E-state index in [2.05, 4.69) is 6.92 Å². The van der Waals surface area contributed by atoms with E-state index in [1.54, 1.807) is 12.1 Å². The van der Waals surface area contributed by atoms with Crippen LogP contribution in [-0.2, 0) is 5.60 Å². The van der Waals surface area contributed by atoms with Crippen molar-refractivity contribution in [1.29, 1.82) is 0 Å². The lowest BCUT2D eigenvalue weighted by Gasteiger charge is -2.31. The number of benzene rings is 1. The fourth-order valence-electron chi connectivity index (χ4n) is 1.80. The van der Waals surface area contributed by atoms with E-state index in [9.17, 15) is 9.50 Å². The maximum Gasteiger partial charge on any atom is 0.123 e. The van der Waals surface area contributed by atoms with Crippen LogP contribution in [0.25, 0.3) is 0 Å².